The SMILES string of the molecule is NC(=O)C(C(N)=O)c1cccc(-c2ccc3c(c2)[C@H]2[C@H](CCN2Cc2ccncc2)[C@@H](CO)N3)c1. The lowest BCUT2D eigenvalue weighted by molar-refractivity contribution is -0.128. The molecule has 1 fully saturated rings. The van der Waals surface area contributed by atoms with Crippen LogP contribution in [0.4, 0.5) is 5.69 Å². The number of pyridine rings is 1. The van der Waals surface area contributed by atoms with E-state index in [2.05, 4.69) is 21.3 Å². The van der Waals surface area contributed by atoms with Crippen LogP contribution in [0.25, 0.3) is 11.1 Å². The van der Waals surface area contributed by atoms with Crippen LogP contribution in [-0.4, -0.2) is 46.0 Å². The van der Waals surface area contributed by atoms with E-state index < -0.39 is 17.7 Å². The maximum Gasteiger partial charge on any atom is 0.234 e. The van der Waals surface area contributed by atoms with Crippen LogP contribution in [0.5, 0.6) is 0 Å². The molecule has 2 amide bonds. The van der Waals surface area contributed by atoms with Crippen LogP contribution in [0.3, 0.4) is 0 Å². The Hall–Kier alpha value is -3.75. The second-order valence-electron chi connectivity index (χ2n) is 9.32. The molecule has 3 aromatic rings. The molecule has 1 saturated heterocycles. The van der Waals surface area contributed by atoms with E-state index in [0.29, 0.717) is 5.56 Å². The molecule has 0 unspecified atom stereocenters. The molecule has 0 aliphatic carbocycles. The largest absolute Gasteiger partial charge is 0.394 e. The number of fused-ring (bicyclic) bond motifs is 3. The van der Waals surface area contributed by atoms with E-state index in [1.165, 1.54) is 11.1 Å². The van der Waals surface area contributed by atoms with Gasteiger partial charge < -0.3 is 21.9 Å². The number of amides is 2. The number of likely N-dealkylation sites (tertiary alicyclic amines) is 1. The van der Waals surface area contributed by atoms with Gasteiger partial charge in [-0.05, 0) is 71.1 Å². The van der Waals surface area contributed by atoms with Crippen LogP contribution in [0.1, 0.15) is 35.1 Å². The Bertz CT molecular complexity index is 1230. The van der Waals surface area contributed by atoms with Gasteiger partial charge in [0.05, 0.1) is 12.6 Å². The number of nitrogens with zero attached hydrogens (tertiary/aromatic N) is 2. The van der Waals surface area contributed by atoms with Gasteiger partial charge in [-0.1, -0.05) is 24.3 Å². The Morgan fingerprint density at radius 2 is 1.80 bits per heavy atom. The lowest BCUT2D eigenvalue weighted by Gasteiger charge is -2.39. The molecule has 35 heavy (non-hydrogen) atoms. The number of benzene rings is 2. The minimum absolute atomic E-state index is 0.00370. The first-order chi connectivity index (χ1) is 17.0. The smallest absolute Gasteiger partial charge is 0.234 e. The number of carbonyl (C=O) groups excluding carboxylic acids is 2. The van der Waals surface area contributed by atoms with Crippen LogP contribution >= 0.6 is 0 Å². The quantitative estimate of drug-likeness (QED) is 0.390. The summed E-state index contributed by atoms with van der Waals surface area (Å²) in [5, 5.41) is 13.6. The summed E-state index contributed by atoms with van der Waals surface area (Å²) in [6, 6.07) is 17.7. The number of carbonyl (C=O) groups is 2. The summed E-state index contributed by atoms with van der Waals surface area (Å²) < 4.78 is 0. The first-order valence-corrected chi connectivity index (χ1v) is 11.8. The van der Waals surface area contributed by atoms with Gasteiger partial charge in [-0.2, -0.15) is 0 Å². The molecule has 0 spiro atoms. The zero-order valence-corrected chi connectivity index (χ0v) is 19.3. The number of hydrogen-bond donors (Lipinski definition) is 4. The molecule has 0 saturated carbocycles. The molecule has 2 aliphatic heterocycles. The molecule has 8 heteroatoms. The molecule has 5 rings (SSSR count). The van der Waals surface area contributed by atoms with Crippen molar-refractivity contribution in [2.75, 3.05) is 18.5 Å². The zero-order chi connectivity index (χ0) is 24.5. The van der Waals surface area contributed by atoms with Gasteiger partial charge in [0.2, 0.25) is 11.8 Å². The first kappa shape index (κ1) is 23.0. The number of aromatic nitrogens is 1. The molecule has 2 aliphatic rings. The minimum Gasteiger partial charge on any atom is -0.394 e. The van der Waals surface area contributed by atoms with Crippen molar-refractivity contribution < 1.29 is 14.7 Å². The Kier molecular flexibility index (Phi) is 6.23. The van der Waals surface area contributed by atoms with E-state index >= 15 is 0 Å². The lowest BCUT2D eigenvalue weighted by Crippen LogP contribution is -2.41. The molecule has 6 N–H and O–H groups in total. The van der Waals surface area contributed by atoms with Crippen LogP contribution in [0.2, 0.25) is 0 Å². The normalized spacial score (nSPS) is 21.3. The third-order valence-electron chi connectivity index (χ3n) is 7.23. The lowest BCUT2D eigenvalue weighted by atomic mass is 9.82. The third kappa shape index (κ3) is 4.38. The number of anilines is 1. The van der Waals surface area contributed by atoms with Crippen LogP contribution in [-0.2, 0) is 16.1 Å². The predicted octanol–water partition coefficient (Wildman–Crippen LogP) is 2.15. The number of aliphatic hydroxyl groups excluding tert-OH is 1. The molecule has 1 aromatic heterocycles. The number of primary amides is 2. The number of rotatable bonds is 7. The molecule has 3 atom stereocenters. The summed E-state index contributed by atoms with van der Waals surface area (Å²) in [5.74, 6) is -2.42. The summed E-state index contributed by atoms with van der Waals surface area (Å²) >= 11 is 0. The highest BCUT2D eigenvalue weighted by atomic mass is 16.3. The van der Waals surface area contributed by atoms with Gasteiger partial charge in [0.15, 0.2) is 0 Å². The summed E-state index contributed by atoms with van der Waals surface area (Å²) in [4.78, 5) is 30.3. The monoisotopic (exact) mass is 471 g/mol. The number of aliphatic hydroxyl groups is 1. The van der Waals surface area contributed by atoms with Gasteiger partial charge in [0, 0.05) is 36.6 Å². The van der Waals surface area contributed by atoms with Crippen molar-refractivity contribution in [2.24, 2.45) is 17.4 Å². The standard InChI is InChI=1S/C27H29N5O3/c28-26(34)24(27(29)35)19-3-1-2-17(12-19)18-4-5-22-21(13-18)25-20(23(15-33)31-22)8-11-32(25)14-16-6-9-30-10-7-16/h1-7,9-10,12-13,20,23-25,31,33H,8,11,14-15H2,(H2,28,34)(H2,29,35)/t20-,23-,25-/m1/s1. The number of nitrogens with one attached hydrogen (secondary N) is 1. The van der Waals surface area contributed by atoms with Gasteiger partial charge in [-0.15, -0.1) is 0 Å². The van der Waals surface area contributed by atoms with E-state index in [0.717, 1.165) is 36.3 Å². The van der Waals surface area contributed by atoms with Crippen molar-refractivity contribution in [1.29, 1.82) is 0 Å². The fourth-order valence-electron chi connectivity index (χ4n) is 5.60. The highest BCUT2D eigenvalue weighted by Gasteiger charge is 2.43. The molecule has 8 nitrogen and oxygen atoms in total. The Morgan fingerprint density at radius 3 is 2.51 bits per heavy atom. The van der Waals surface area contributed by atoms with Crippen molar-refractivity contribution in [2.45, 2.75) is 31.0 Å². The maximum absolute atomic E-state index is 11.8. The van der Waals surface area contributed by atoms with Gasteiger partial charge in [-0.25, -0.2) is 0 Å². The van der Waals surface area contributed by atoms with Gasteiger partial charge >= 0.3 is 0 Å². The molecular weight excluding hydrogens is 442 g/mol. The van der Waals surface area contributed by atoms with Gasteiger partial charge in [0.1, 0.15) is 5.92 Å². The van der Waals surface area contributed by atoms with Crippen molar-refractivity contribution >= 4 is 17.5 Å². The molecule has 0 bridgehead atoms. The van der Waals surface area contributed by atoms with E-state index in [9.17, 15) is 14.7 Å². The highest BCUT2D eigenvalue weighted by molar-refractivity contribution is 6.04. The van der Waals surface area contributed by atoms with Crippen molar-refractivity contribution in [1.82, 2.24) is 9.88 Å². The average Bonchev–Trinajstić information content (AvgIpc) is 3.27. The highest BCUT2D eigenvalue weighted by Crippen LogP contribution is 2.47. The summed E-state index contributed by atoms with van der Waals surface area (Å²) in [6.07, 6.45) is 4.62. The molecule has 0 radical (unpaired) electrons. The fraction of sp³-hybridized carbons (Fsp3) is 0.296. The van der Waals surface area contributed by atoms with E-state index in [1.807, 2.05) is 42.7 Å². The molecule has 180 valence electrons. The fourth-order valence-corrected chi connectivity index (χ4v) is 5.60. The third-order valence-corrected chi connectivity index (χ3v) is 7.23. The Morgan fingerprint density at radius 1 is 1.06 bits per heavy atom. The minimum atomic E-state index is -1.17. The van der Waals surface area contributed by atoms with Gasteiger partial charge in [0.25, 0.3) is 0 Å². The van der Waals surface area contributed by atoms with E-state index in [1.54, 1.807) is 18.2 Å². The predicted molar refractivity (Wildman–Crippen MR) is 133 cm³/mol. The van der Waals surface area contributed by atoms with Crippen molar-refractivity contribution in [3.63, 3.8) is 0 Å². The summed E-state index contributed by atoms with van der Waals surface area (Å²) in [6.45, 7) is 1.82. The van der Waals surface area contributed by atoms with E-state index in [-0.39, 0.29) is 24.6 Å². The zero-order valence-electron chi connectivity index (χ0n) is 19.3. The van der Waals surface area contributed by atoms with Crippen molar-refractivity contribution in [3.8, 4) is 11.1 Å². The van der Waals surface area contributed by atoms with E-state index in [4.69, 9.17) is 11.5 Å². The molecular formula is C27H29N5O3. The van der Waals surface area contributed by atoms with Crippen LogP contribution < -0.4 is 16.8 Å². The maximum atomic E-state index is 11.8. The molecule has 3 heterocycles. The van der Waals surface area contributed by atoms with Crippen LogP contribution in [0.15, 0.2) is 67.0 Å². The summed E-state index contributed by atoms with van der Waals surface area (Å²) in [7, 11) is 0. The average molecular weight is 472 g/mol. The number of nitrogens with two attached hydrogens (primary N) is 2. The Balaban J connectivity index is 1.52. The van der Waals surface area contributed by atoms with Crippen LogP contribution in [0, 0.1) is 5.92 Å². The van der Waals surface area contributed by atoms with Crippen molar-refractivity contribution in [3.05, 3.63) is 83.7 Å². The topological polar surface area (TPSA) is 135 Å². The van der Waals surface area contributed by atoms with Gasteiger partial charge in [-0.3, -0.25) is 19.5 Å². The molecule has 2 aromatic carbocycles. The summed E-state index contributed by atoms with van der Waals surface area (Å²) in [5.41, 5.74) is 16.6. The Labute approximate surface area is 204 Å². The first-order valence-electron chi connectivity index (χ1n) is 11.8. The second-order valence-corrected chi connectivity index (χ2v) is 9.32. The number of hydrogen-bond acceptors (Lipinski definition) is 6. The second kappa shape index (κ2) is 9.48.